The molecule has 0 unspecified atom stereocenters. The van der Waals surface area contributed by atoms with E-state index in [2.05, 4.69) is 93.7 Å². The molecule has 0 aliphatic heterocycles. The lowest BCUT2D eigenvalue weighted by Crippen LogP contribution is -2.30. The third kappa shape index (κ3) is 61.6. The summed E-state index contributed by atoms with van der Waals surface area (Å²) in [6, 6.07) is 0. The van der Waals surface area contributed by atoms with Crippen LogP contribution in [0.3, 0.4) is 0 Å². The highest BCUT2D eigenvalue weighted by Crippen LogP contribution is 2.16. The first-order valence-corrected chi connectivity index (χ1v) is 32.4. The van der Waals surface area contributed by atoms with E-state index in [-0.39, 0.29) is 31.1 Å². The van der Waals surface area contributed by atoms with Crippen LogP contribution in [-0.4, -0.2) is 37.2 Å². The molecule has 0 bridgehead atoms. The van der Waals surface area contributed by atoms with Crippen molar-refractivity contribution in [2.75, 3.05) is 13.2 Å². The Hall–Kier alpha value is -3.15. The fraction of sp³-hybridized carbons (Fsp3) is 0.783. The van der Waals surface area contributed by atoms with Crippen LogP contribution in [0, 0.1) is 0 Å². The minimum atomic E-state index is -0.792. The molecular weight excluding hydrogens is 925 g/mol. The number of rotatable bonds is 59. The predicted molar refractivity (Wildman–Crippen MR) is 325 cm³/mol. The first kappa shape index (κ1) is 71.8. The minimum absolute atomic E-state index is 0.0860. The van der Waals surface area contributed by atoms with Crippen molar-refractivity contribution in [2.45, 2.75) is 335 Å². The second-order valence-electron chi connectivity index (χ2n) is 21.7. The molecular formula is C69H122O6. The maximum absolute atomic E-state index is 12.9. The summed E-state index contributed by atoms with van der Waals surface area (Å²) in [6.45, 7) is 6.61. The molecule has 0 aliphatic rings. The van der Waals surface area contributed by atoms with Gasteiger partial charge in [-0.05, 0) is 116 Å². The number of carbonyl (C=O) groups is 3. The number of hydrogen-bond donors (Lipinski definition) is 0. The molecule has 0 saturated heterocycles. The average molecular weight is 1050 g/mol. The predicted octanol–water partition coefficient (Wildman–Crippen LogP) is 22.1. The van der Waals surface area contributed by atoms with Gasteiger partial charge in [0.1, 0.15) is 13.2 Å². The van der Waals surface area contributed by atoms with Gasteiger partial charge in [0.25, 0.3) is 0 Å². The lowest BCUT2D eigenvalue weighted by Gasteiger charge is -2.18. The zero-order chi connectivity index (χ0) is 54.3. The molecule has 0 amide bonds. The summed E-state index contributed by atoms with van der Waals surface area (Å²) in [5.41, 5.74) is 0. The Morgan fingerprint density at radius 3 is 0.800 bits per heavy atom. The van der Waals surface area contributed by atoms with Gasteiger partial charge in [0.2, 0.25) is 0 Å². The number of allylic oxidation sites excluding steroid dienone is 12. The summed E-state index contributed by atoms with van der Waals surface area (Å²) in [5, 5.41) is 0. The van der Waals surface area contributed by atoms with E-state index in [0.717, 1.165) is 83.5 Å². The van der Waals surface area contributed by atoms with Crippen LogP contribution in [-0.2, 0) is 28.6 Å². The Kier molecular flexibility index (Phi) is 60.7. The molecule has 0 rings (SSSR count). The monoisotopic (exact) mass is 1050 g/mol. The molecule has 0 spiro atoms. The van der Waals surface area contributed by atoms with E-state index in [1.165, 1.54) is 205 Å². The van der Waals surface area contributed by atoms with Crippen LogP contribution in [0.1, 0.15) is 329 Å². The number of hydrogen-bond acceptors (Lipinski definition) is 6. The number of esters is 3. The smallest absolute Gasteiger partial charge is 0.306 e. The minimum Gasteiger partial charge on any atom is -0.462 e. The van der Waals surface area contributed by atoms with Gasteiger partial charge in [-0.3, -0.25) is 14.4 Å². The molecule has 0 aromatic heterocycles. The van der Waals surface area contributed by atoms with E-state index in [9.17, 15) is 14.4 Å². The van der Waals surface area contributed by atoms with E-state index >= 15 is 0 Å². The standard InChI is InChI=1S/C69H122O6/c1-4-7-10-13-16-19-22-25-28-31-34-37-40-43-46-49-52-55-58-61-67(70)73-64-66(75-69(72)63-60-57-54-51-48-45-42-39-36-33-30-27-24-21-18-15-12-9-6-3)65-74-68(71)62-59-56-53-50-47-44-41-38-35-32-29-26-23-20-17-14-11-8-5-2/h16,19,25-30,34,37,43,46,66H,4-15,17-18,20-24,31-33,35-36,38-42,44-45,47-65H2,1-3H3/b19-16-,28-25-,29-26-,30-27-,37-34-,46-43-/t66-/m1/s1. The van der Waals surface area contributed by atoms with Gasteiger partial charge in [0.05, 0.1) is 0 Å². The molecule has 6 nitrogen and oxygen atoms in total. The molecule has 6 heteroatoms. The van der Waals surface area contributed by atoms with Gasteiger partial charge < -0.3 is 14.2 Å². The molecule has 0 saturated carbocycles. The van der Waals surface area contributed by atoms with Crippen LogP contribution in [0.25, 0.3) is 0 Å². The Morgan fingerprint density at radius 2 is 0.480 bits per heavy atom. The third-order valence-electron chi connectivity index (χ3n) is 14.2. The summed E-state index contributed by atoms with van der Waals surface area (Å²) < 4.78 is 16.9. The van der Waals surface area contributed by atoms with E-state index < -0.39 is 6.10 Å². The molecule has 0 N–H and O–H groups in total. The highest BCUT2D eigenvalue weighted by molar-refractivity contribution is 5.71. The SMILES string of the molecule is CCCCC/C=C\C/C=C\C/C=C\C/C=C\CCCCCC(=O)OC[C@H](COC(=O)CCCCCCCCCCC/C=C\CCCCCCCC)OC(=O)CCCCCCCCCCC/C=C\CCCCCCCC. The van der Waals surface area contributed by atoms with Crippen molar-refractivity contribution in [3.8, 4) is 0 Å². The van der Waals surface area contributed by atoms with Crippen molar-refractivity contribution >= 4 is 17.9 Å². The highest BCUT2D eigenvalue weighted by Gasteiger charge is 2.19. The van der Waals surface area contributed by atoms with Crippen molar-refractivity contribution in [1.82, 2.24) is 0 Å². The summed E-state index contributed by atoms with van der Waals surface area (Å²) in [5.74, 6) is -0.907. The van der Waals surface area contributed by atoms with Crippen LogP contribution < -0.4 is 0 Å². The third-order valence-corrected chi connectivity index (χ3v) is 14.2. The van der Waals surface area contributed by atoms with Crippen LogP contribution in [0.15, 0.2) is 72.9 Å². The van der Waals surface area contributed by atoms with Gasteiger partial charge in [-0.2, -0.15) is 0 Å². The zero-order valence-corrected chi connectivity index (χ0v) is 49.8. The van der Waals surface area contributed by atoms with Crippen molar-refractivity contribution in [3.63, 3.8) is 0 Å². The summed E-state index contributed by atoms with van der Waals surface area (Å²) in [4.78, 5) is 38.4. The van der Waals surface area contributed by atoms with Gasteiger partial charge >= 0.3 is 17.9 Å². The maximum Gasteiger partial charge on any atom is 0.306 e. The quantitative estimate of drug-likeness (QED) is 0.0261. The number of carbonyl (C=O) groups excluding carboxylic acids is 3. The summed E-state index contributed by atoms with van der Waals surface area (Å²) in [7, 11) is 0. The summed E-state index contributed by atoms with van der Waals surface area (Å²) >= 11 is 0. The van der Waals surface area contributed by atoms with Crippen molar-refractivity contribution in [1.29, 1.82) is 0 Å². The molecule has 0 aromatic rings. The summed E-state index contributed by atoms with van der Waals surface area (Å²) in [6.07, 6.45) is 81.8. The van der Waals surface area contributed by atoms with Gasteiger partial charge in [0.15, 0.2) is 6.10 Å². The van der Waals surface area contributed by atoms with Gasteiger partial charge in [0, 0.05) is 19.3 Å². The van der Waals surface area contributed by atoms with E-state index in [1.54, 1.807) is 0 Å². The van der Waals surface area contributed by atoms with Crippen molar-refractivity contribution in [2.24, 2.45) is 0 Å². The Morgan fingerprint density at radius 1 is 0.267 bits per heavy atom. The van der Waals surface area contributed by atoms with E-state index in [0.29, 0.717) is 19.3 Å². The Balaban J connectivity index is 4.42. The molecule has 0 aromatic carbocycles. The molecule has 75 heavy (non-hydrogen) atoms. The highest BCUT2D eigenvalue weighted by atomic mass is 16.6. The molecule has 0 radical (unpaired) electrons. The topological polar surface area (TPSA) is 78.9 Å². The second kappa shape index (κ2) is 63.4. The first-order valence-electron chi connectivity index (χ1n) is 32.4. The molecule has 0 heterocycles. The maximum atomic E-state index is 12.9. The van der Waals surface area contributed by atoms with E-state index in [4.69, 9.17) is 14.2 Å². The van der Waals surface area contributed by atoms with Gasteiger partial charge in [-0.1, -0.05) is 267 Å². The van der Waals surface area contributed by atoms with Crippen LogP contribution >= 0.6 is 0 Å². The van der Waals surface area contributed by atoms with Gasteiger partial charge in [-0.25, -0.2) is 0 Å². The number of unbranched alkanes of at least 4 members (excludes halogenated alkanes) is 36. The fourth-order valence-electron chi connectivity index (χ4n) is 9.24. The molecule has 0 fully saturated rings. The van der Waals surface area contributed by atoms with Crippen molar-refractivity contribution < 1.29 is 28.6 Å². The van der Waals surface area contributed by atoms with E-state index in [1.807, 2.05) is 0 Å². The fourth-order valence-corrected chi connectivity index (χ4v) is 9.24. The van der Waals surface area contributed by atoms with Crippen LogP contribution in [0.4, 0.5) is 0 Å². The van der Waals surface area contributed by atoms with Gasteiger partial charge in [-0.15, -0.1) is 0 Å². The van der Waals surface area contributed by atoms with Crippen LogP contribution in [0.2, 0.25) is 0 Å². The number of ether oxygens (including phenoxy) is 3. The Labute approximate surface area is 465 Å². The molecule has 434 valence electrons. The van der Waals surface area contributed by atoms with Crippen LogP contribution in [0.5, 0.6) is 0 Å². The lowest BCUT2D eigenvalue weighted by atomic mass is 10.1. The Bertz CT molecular complexity index is 1390. The average Bonchev–Trinajstić information content (AvgIpc) is 3.41. The van der Waals surface area contributed by atoms with Crippen molar-refractivity contribution in [3.05, 3.63) is 72.9 Å². The lowest BCUT2D eigenvalue weighted by molar-refractivity contribution is -0.167. The second-order valence-corrected chi connectivity index (χ2v) is 21.7. The largest absolute Gasteiger partial charge is 0.462 e. The normalized spacial score (nSPS) is 12.5. The molecule has 0 aliphatic carbocycles. The molecule has 1 atom stereocenters. The zero-order valence-electron chi connectivity index (χ0n) is 49.8. The first-order chi connectivity index (χ1) is 37.0.